The number of hydrogen-bond acceptors (Lipinski definition) is 1. The van der Waals surface area contributed by atoms with Crippen molar-refractivity contribution >= 4 is 26.6 Å². The van der Waals surface area contributed by atoms with E-state index >= 15 is 0 Å². The van der Waals surface area contributed by atoms with Gasteiger partial charge >= 0.3 is 10.0 Å². The molecule has 3 rings (SSSR count). The summed E-state index contributed by atoms with van der Waals surface area (Å²) in [4.78, 5) is 0. The Morgan fingerprint density at radius 2 is 1.96 bits per heavy atom. The Hall–Kier alpha value is -1.87. The quantitative estimate of drug-likeness (QED) is 0.575. The molecular weight excluding hydrogens is 300 g/mol. The zero-order chi connectivity index (χ0) is 16.4. The highest BCUT2D eigenvalue weighted by molar-refractivity contribution is 6.22. The van der Waals surface area contributed by atoms with Crippen LogP contribution in [-0.2, 0) is 10.8 Å². The summed E-state index contributed by atoms with van der Waals surface area (Å²) in [6.45, 7) is 8.69. The van der Waals surface area contributed by atoms with Gasteiger partial charge in [-0.2, -0.15) is 0 Å². The van der Waals surface area contributed by atoms with Gasteiger partial charge in [0, 0.05) is 5.41 Å². The van der Waals surface area contributed by atoms with Crippen LogP contribution in [0.25, 0.3) is 10.8 Å². The highest BCUT2D eigenvalue weighted by Crippen LogP contribution is 2.29. The zero-order valence-corrected chi connectivity index (χ0v) is 15.3. The Labute approximate surface area is 140 Å². The number of aryl methyl sites for hydroxylation is 1. The Balaban J connectivity index is 2.01. The first-order valence-electron chi connectivity index (χ1n) is 8.19. The SMILES string of the molecule is CCCc1cccc2cc(C3=[O+][Si-]OC(C(C)(C)C)=C3)ccc12. The van der Waals surface area contributed by atoms with Crippen LogP contribution in [0.1, 0.15) is 49.4 Å². The van der Waals surface area contributed by atoms with Crippen LogP contribution in [0, 0.1) is 5.41 Å². The normalized spacial score (nSPS) is 14.8. The van der Waals surface area contributed by atoms with E-state index in [2.05, 4.69) is 64.1 Å². The van der Waals surface area contributed by atoms with Gasteiger partial charge < -0.3 is 8.54 Å². The lowest BCUT2D eigenvalue weighted by molar-refractivity contribution is -0.109. The fraction of sp³-hybridized carbons (Fsp3) is 0.350. The highest BCUT2D eigenvalue weighted by Gasteiger charge is 2.24. The van der Waals surface area contributed by atoms with Crippen molar-refractivity contribution in [2.24, 2.45) is 5.41 Å². The lowest BCUT2D eigenvalue weighted by Crippen LogP contribution is -2.20. The molecule has 23 heavy (non-hydrogen) atoms. The van der Waals surface area contributed by atoms with Gasteiger partial charge in [-0.05, 0) is 34.9 Å². The lowest BCUT2D eigenvalue weighted by atomic mass is 9.92. The summed E-state index contributed by atoms with van der Waals surface area (Å²) >= 11 is 0. The van der Waals surface area contributed by atoms with Crippen LogP contribution in [-0.4, -0.2) is 15.8 Å². The monoisotopic (exact) mass is 323 g/mol. The second kappa shape index (κ2) is 6.32. The Bertz CT molecular complexity index is 782. The third kappa shape index (κ3) is 3.40. The zero-order valence-electron chi connectivity index (χ0n) is 14.3. The summed E-state index contributed by atoms with van der Waals surface area (Å²) in [5.74, 6) is 1.89. The van der Waals surface area contributed by atoms with Gasteiger partial charge in [-0.15, -0.1) is 0 Å². The van der Waals surface area contributed by atoms with E-state index in [9.17, 15) is 0 Å². The van der Waals surface area contributed by atoms with Crippen LogP contribution in [0.3, 0.4) is 0 Å². The molecule has 1 aliphatic heterocycles. The maximum absolute atomic E-state index is 5.76. The van der Waals surface area contributed by atoms with E-state index in [1.165, 1.54) is 16.3 Å². The van der Waals surface area contributed by atoms with E-state index in [4.69, 9.17) is 8.54 Å². The Morgan fingerprint density at radius 3 is 2.70 bits per heavy atom. The van der Waals surface area contributed by atoms with Gasteiger partial charge in [0.2, 0.25) is 0 Å². The van der Waals surface area contributed by atoms with Crippen LogP contribution < -0.4 is 0 Å². The Morgan fingerprint density at radius 1 is 1.13 bits per heavy atom. The van der Waals surface area contributed by atoms with E-state index in [1.54, 1.807) is 0 Å². The highest BCUT2D eigenvalue weighted by atomic mass is 28.2. The summed E-state index contributed by atoms with van der Waals surface area (Å²) in [5, 5.41) is 2.61. The van der Waals surface area contributed by atoms with E-state index < -0.39 is 0 Å². The number of rotatable bonds is 3. The summed E-state index contributed by atoms with van der Waals surface area (Å²) in [6, 6.07) is 13.1. The molecule has 0 saturated heterocycles. The molecule has 1 heterocycles. The van der Waals surface area contributed by atoms with Crippen LogP contribution >= 0.6 is 0 Å². The molecule has 0 aliphatic carbocycles. The average Bonchev–Trinajstić information content (AvgIpc) is 2.54. The molecule has 0 aromatic heterocycles. The average molecular weight is 323 g/mol. The first-order chi connectivity index (χ1) is 11.0. The van der Waals surface area contributed by atoms with Crippen molar-refractivity contribution in [1.82, 2.24) is 0 Å². The van der Waals surface area contributed by atoms with E-state index in [1.807, 2.05) is 6.08 Å². The second-order valence-corrected chi connectivity index (χ2v) is 7.59. The Kier molecular flexibility index (Phi) is 4.40. The molecule has 2 nitrogen and oxygen atoms in total. The molecule has 0 unspecified atom stereocenters. The van der Waals surface area contributed by atoms with Gasteiger partial charge in [0.1, 0.15) is 0 Å². The number of fused-ring (bicyclic) bond motifs is 1. The molecule has 0 spiro atoms. The second-order valence-electron chi connectivity index (χ2n) is 7.01. The van der Waals surface area contributed by atoms with Gasteiger partial charge in [-0.1, -0.05) is 58.4 Å². The molecule has 3 heteroatoms. The first kappa shape index (κ1) is 16.0. The first-order valence-corrected chi connectivity index (χ1v) is 9.00. The smallest absolute Gasteiger partial charge is 0.424 e. The number of hydrogen-bond donors (Lipinski definition) is 0. The van der Waals surface area contributed by atoms with Crippen molar-refractivity contribution in [2.75, 3.05) is 0 Å². The minimum atomic E-state index is -0.00677. The predicted octanol–water partition coefficient (Wildman–Crippen LogP) is 5.01. The summed E-state index contributed by atoms with van der Waals surface area (Å²) in [7, 11) is 0.0307. The number of allylic oxidation sites excluding steroid dienone is 2. The van der Waals surface area contributed by atoms with E-state index in [0.29, 0.717) is 0 Å². The third-order valence-electron chi connectivity index (χ3n) is 4.08. The molecule has 0 saturated carbocycles. The van der Waals surface area contributed by atoms with Crippen molar-refractivity contribution < 1.29 is 8.54 Å². The third-order valence-corrected chi connectivity index (χ3v) is 4.69. The number of ketones is 1. The molecule has 0 amide bonds. The lowest BCUT2D eigenvalue weighted by Gasteiger charge is -2.27. The van der Waals surface area contributed by atoms with Crippen molar-refractivity contribution in [3.05, 3.63) is 59.4 Å². The van der Waals surface area contributed by atoms with Crippen molar-refractivity contribution in [2.45, 2.75) is 40.5 Å². The topological polar surface area (TPSA) is 20.5 Å². The predicted molar refractivity (Wildman–Crippen MR) is 96.7 cm³/mol. The number of benzene rings is 2. The van der Waals surface area contributed by atoms with Gasteiger partial charge in [0.25, 0.3) is 5.78 Å². The van der Waals surface area contributed by atoms with Crippen molar-refractivity contribution in [3.8, 4) is 0 Å². The molecular formula is C20H23O2Si. The minimum Gasteiger partial charge on any atom is -0.632 e. The largest absolute Gasteiger partial charge is 0.632 e. The molecule has 0 fully saturated rings. The summed E-state index contributed by atoms with van der Waals surface area (Å²) < 4.78 is 11.4. The number of carbonyl (C=O) groups excluding carboxylic acids is 1. The van der Waals surface area contributed by atoms with Crippen LogP contribution in [0.4, 0.5) is 0 Å². The summed E-state index contributed by atoms with van der Waals surface area (Å²) in [6.07, 6.45) is 4.32. The van der Waals surface area contributed by atoms with E-state index in [0.717, 1.165) is 29.9 Å². The maximum atomic E-state index is 5.76. The van der Waals surface area contributed by atoms with Crippen molar-refractivity contribution in [1.29, 1.82) is 0 Å². The molecule has 2 aromatic carbocycles. The molecule has 0 atom stereocenters. The van der Waals surface area contributed by atoms with Crippen LogP contribution in [0.2, 0.25) is 0 Å². The van der Waals surface area contributed by atoms with Gasteiger partial charge in [0.05, 0.1) is 17.4 Å². The van der Waals surface area contributed by atoms with Crippen LogP contribution in [0.5, 0.6) is 0 Å². The fourth-order valence-corrected chi connectivity index (χ4v) is 3.55. The van der Waals surface area contributed by atoms with Crippen molar-refractivity contribution in [3.63, 3.8) is 0 Å². The molecule has 119 valence electrons. The molecule has 2 aromatic rings. The molecule has 0 bridgehead atoms. The van der Waals surface area contributed by atoms with Gasteiger partial charge in [-0.25, -0.2) is 0 Å². The fourth-order valence-electron chi connectivity index (χ4n) is 2.79. The molecule has 1 aliphatic rings. The minimum absolute atomic E-state index is 0.00677. The molecule has 1 radical (unpaired) electrons. The van der Waals surface area contributed by atoms with Gasteiger partial charge in [-0.3, -0.25) is 0 Å². The standard InChI is InChI=1S/C20H23O2Si/c1-5-7-14-8-6-9-15-12-16(10-11-17(14)15)18-13-19(20(2,3)4)22-23-21-18/h6,8-13H,5,7H2,1-4H3. The van der Waals surface area contributed by atoms with Crippen LogP contribution in [0.15, 0.2) is 48.2 Å². The van der Waals surface area contributed by atoms with Gasteiger partial charge in [0.15, 0.2) is 0 Å². The van der Waals surface area contributed by atoms with E-state index in [-0.39, 0.29) is 15.4 Å². The summed E-state index contributed by atoms with van der Waals surface area (Å²) in [5.41, 5.74) is 2.53. The maximum Gasteiger partial charge on any atom is 0.424 e. The molecule has 0 N–H and O–H groups in total.